The van der Waals surface area contributed by atoms with E-state index in [9.17, 15) is 5.11 Å². The summed E-state index contributed by atoms with van der Waals surface area (Å²) in [5, 5.41) is 9.85. The Bertz CT molecular complexity index is 806. The van der Waals surface area contributed by atoms with Crippen molar-refractivity contribution in [3.8, 4) is 23.0 Å². The molecule has 1 heterocycles. The fourth-order valence-electron chi connectivity index (χ4n) is 2.61. The fourth-order valence-corrected chi connectivity index (χ4v) is 2.61. The zero-order valence-electron chi connectivity index (χ0n) is 14.0. The van der Waals surface area contributed by atoms with Gasteiger partial charge in [-0.1, -0.05) is 29.8 Å². The summed E-state index contributed by atoms with van der Waals surface area (Å²) in [6.07, 6.45) is 4.58. The quantitative estimate of drug-likeness (QED) is 0.723. The number of phenolic OH excluding ortho intramolecular Hbond substituents is 1. The molecule has 1 aromatic heterocycles. The van der Waals surface area contributed by atoms with Crippen LogP contribution in [0.4, 0.5) is 0 Å². The van der Waals surface area contributed by atoms with Crippen LogP contribution >= 0.6 is 0 Å². The molecule has 0 saturated carbocycles. The van der Waals surface area contributed by atoms with Crippen LogP contribution in [0.3, 0.4) is 0 Å². The van der Waals surface area contributed by atoms with E-state index in [0.717, 1.165) is 30.5 Å². The number of rotatable bonds is 6. The number of nitrogens with zero attached hydrogens (tertiary/aromatic N) is 1. The molecule has 4 heteroatoms. The minimum Gasteiger partial charge on any atom is -0.504 e. The number of oxazole rings is 1. The van der Waals surface area contributed by atoms with Gasteiger partial charge >= 0.3 is 0 Å². The highest BCUT2D eigenvalue weighted by Crippen LogP contribution is 2.31. The number of benzene rings is 2. The van der Waals surface area contributed by atoms with Crippen molar-refractivity contribution in [2.75, 3.05) is 7.11 Å². The molecule has 3 aromatic rings. The maximum absolute atomic E-state index is 9.85. The average molecular weight is 323 g/mol. The Hall–Kier alpha value is -2.75. The van der Waals surface area contributed by atoms with Crippen LogP contribution in [-0.2, 0) is 12.8 Å². The highest BCUT2D eigenvalue weighted by molar-refractivity contribution is 5.59. The SMILES string of the molecule is COc1ccc(-c2nc(CCCc3ccc(C)cc3)co2)cc1O. The molecule has 0 unspecified atom stereocenters. The van der Waals surface area contributed by atoms with Gasteiger partial charge in [0.15, 0.2) is 11.5 Å². The number of ether oxygens (including phenoxy) is 1. The molecule has 0 aliphatic heterocycles. The zero-order chi connectivity index (χ0) is 16.9. The highest BCUT2D eigenvalue weighted by atomic mass is 16.5. The summed E-state index contributed by atoms with van der Waals surface area (Å²) < 4.78 is 10.6. The normalized spacial score (nSPS) is 10.8. The largest absolute Gasteiger partial charge is 0.504 e. The van der Waals surface area contributed by atoms with Crippen LogP contribution in [-0.4, -0.2) is 17.2 Å². The lowest BCUT2D eigenvalue weighted by Gasteiger charge is -2.03. The molecule has 3 rings (SSSR count). The van der Waals surface area contributed by atoms with Gasteiger partial charge < -0.3 is 14.3 Å². The summed E-state index contributed by atoms with van der Waals surface area (Å²) in [5.74, 6) is 1.02. The molecule has 0 spiro atoms. The number of methoxy groups -OCH3 is 1. The van der Waals surface area contributed by atoms with Crippen molar-refractivity contribution in [1.29, 1.82) is 0 Å². The smallest absolute Gasteiger partial charge is 0.226 e. The number of phenols is 1. The van der Waals surface area contributed by atoms with Gasteiger partial charge in [0.25, 0.3) is 0 Å². The van der Waals surface area contributed by atoms with Crippen LogP contribution in [0, 0.1) is 6.92 Å². The predicted octanol–water partition coefficient (Wildman–Crippen LogP) is 4.54. The molecule has 0 aliphatic rings. The Morgan fingerprint density at radius 2 is 1.88 bits per heavy atom. The summed E-state index contributed by atoms with van der Waals surface area (Å²) in [6, 6.07) is 13.7. The highest BCUT2D eigenvalue weighted by Gasteiger charge is 2.10. The lowest BCUT2D eigenvalue weighted by Crippen LogP contribution is -1.91. The first-order chi connectivity index (χ1) is 11.7. The van der Waals surface area contributed by atoms with Gasteiger partial charge in [-0.25, -0.2) is 4.98 Å². The fraction of sp³-hybridized carbons (Fsp3) is 0.250. The lowest BCUT2D eigenvalue weighted by atomic mass is 10.1. The van der Waals surface area contributed by atoms with Crippen LogP contribution in [0.1, 0.15) is 23.2 Å². The Morgan fingerprint density at radius 1 is 1.08 bits per heavy atom. The van der Waals surface area contributed by atoms with Crippen molar-refractivity contribution < 1.29 is 14.3 Å². The van der Waals surface area contributed by atoms with Crippen molar-refractivity contribution in [2.24, 2.45) is 0 Å². The number of hydrogen-bond acceptors (Lipinski definition) is 4. The molecule has 0 radical (unpaired) electrons. The van der Waals surface area contributed by atoms with E-state index < -0.39 is 0 Å². The molecular formula is C20H21NO3. The zero-order valence-corrected chi connectivity index (χ0v) is 14.0. The molecule has 0 atom stereocenters. The van der Waals surface area contributed by atoms with E-state index in [-0.39, 0.29) is 5.75 Å². The molecular weight excluding hydrogens is 302 g/mol. The maximum Gasteiger partial charge on any atom is 0.226 e. The third-order valence-electron chi connectivity index (χ3n) is 4.00. The summed E-state index contributed by atoms with van der Waals surface area (Å²) >= 11 is 0. The molecule has 24 heavy (non-hydrogen) atoms. The van der Waals surface area contributed by atoms with Gasteiger partial charge in [0.05, 0.1) is 12.8 Å². The third-order valence-corrected chi connectivity index (χ3v) is 4.00. The molecule has 1 N–H and O–H groups in total. The lowest BCUT2D eigenvalue weighted by molar-refractivity contribution is 0.373. The molecule has 0 amide bonds. The number of aromatic hydroxyl groups is 1. The number of aromatic nitrogens is 1. The summed E-state index contributed by atoms with van der Waals surface area (Å²) in [7, 11) is 1.52. The van der Waals surface area contributed by atoms with E-state index in [2.05, 4.69) is 36.2 Å². The van der Waals surface area contributed by atoms with Crippen molar-refractivity contribution in [2.45, 2.75) is 26.2 Å². The van der Waals surface area contributed by atoms with Crippen molar-refractivity contribution >= 4 is 0 Å². The minimum absolute atomic E-state index is 0.0779. The van der Waals surface area contributed by atoms with E-state index >= 15 is 0 Å². The molecule has 0 fully saturated rings. The van der Waals surface area contributed by atoms with Gasteiger partial charge in [0.1, 0.15) is 6.26 Å². The number of aryl methyl sites for hydroxylation is 3. The Labute approximate surface area is 141 Å². The molecule has 0 saturated heterocycles. The van der Waals surface area contributed by atoms with Gasteiger partial charge in [-0.15, -0.1) is 0 Å². The summed E-state index contributed by atoms with van der Waals surface area (Å²) in [4.78, 5) is 4.50. The van der Waals surface area contributed by atoms with Crippen molar-refractivity contribution in [3.05, 3.63) is 65.5 Å². The molecule has 0 aliphatic carbocycles. The first-order valence-electron chi connectivity index (χ1n) is 8.03. The molecule has 0 bridgehead atoms. The third kappa shape index (κ3) is 3.77. The summed E-state index contributed by atoms with van der Waals surface area (Å²) in [5.41, 5.74) is 4.28. The Balaban J connectivity index is 1.61. The minimum atomic E-state index is 0.0779. The van der Waals surface area contributed by atoms with Crippen LogP contribution in [0.15, 0.2) is 53.1 Å². The first kappa shape index (κ1) is 16.1. The Morgan fingerprint density at radius 3 is 2.58 bits per heavy atom. The van der Waals surface area contributed by atoms with Crippen LogP contribution in [0.5, 0.6) is 11.5 Å². The van der Waals surface area contributed by atoms with Gasteiger partial charge in [-0.05, 0) is 49.9 Å². The second kappa shape index (κ2) is 7.21. The second-order valence-electron chi connectivity index (χ2n) is 5.87. The first-order valence-corrected chi connectivity index (χ1v) is 8.03. The van der Waals surface area contributed by atoms with Gasteiger partial charge in [-0.3, -0.25) is 0 Å². The molecule has 4 nitrogen and oxygen atoms in total. The van der Waals surface area contributed by atoms with Gasteiger partial charge in [-0.2, -0.15) is 0 Å². The van der Waals surface area contributed by atoms with E-state index in [1.54, 1.807) is 18.4 Å². The van der Waals surface area contributed by atoms with E-state index in [1.807, 2.05) is 6.07 Å². The molecule has 124 valence electrons. The Kier molecular flexibility index (Phi) is 4.85. The topological polar surface area (TPSA) is 55.5 Å². The molecule has 2 aromatic carbocycles. The predicted molar refractivity (Wildman–Crippen MR) is 93.4 cm³/mol. The van der Waals surface area contributed by atoms with Gasteiger partial charge in [0.2, 0.25) is 5.89 Å². The van der Waals surface area contributed by atoms with Crippen molar-refractivity contribution in [3.63, 3.8) is 0 Å². The second-order valence-corrected chi connectivity index (χ2v) is 5.87. The average Bonchev–Trinajstić information content (AvgIpc) is 3.05. The monoisotopic (exact) mass is 323 g/mol. The van der Waals surface area contributed by atoms with Crippen molar-refractivity contribution in [1.82, 2.24) is 4.98 Å². The van der Waals surface area contributed by atoms with Crippen LogP contribution < -0.4 is 4.74 Å². The maximum atomic E-state index is 9.85. The summed E-state index contributed by atoms with van der Waals surface area (Å²) in [6.45, 7) is 2.09. The number of hydrogen-bond donors (Lipinski definition) is 1. The van der Waals surface area contributed by atoms with E-state index in [4.69, 9.17) is 9.15 Å². The van der Waals surface area contributed by atoms with E-state index in [0.29, 0.717) is 11.6 Å². The van der Waals surface area contributed by atoms with E-state index in [1.165, 1.54) is 18.2 Å². The van der Waals surface area contributed by atoms with Crippen LogP contribution in [0.25, 0.3) is 11.5 Å². The van der Waals surface area contributed by atoms with Gasteiger partial charge in [0, 0.05) is 5.56 Å². The van der Waals surface area contributed by atoms with Crippen LogP contribution in [0.2, 0.25) is 0 Å². The standard InChI is InChI=1S/C20H21NO3/c1-14-6-8-15(9-7-14)4-3-5-17-13-24-20(21-17)16-10-11-19(23-2)18(22)12-16/h6-13,22H,3-5H2,1-2H3.